The number of likely N-dealkylation sites (tertiary alicyclic amines) is 1. The Hall–Kier alpha value is -1.36. The van der Waals surface area contributed by atoms with E-state index in [2.05, 4.69) is 18.4 Å². The number of allylic oxidation sites excluding steroid dienone is 1. The van der Waals surface area contributed by atoms with E-state index in [0.717, 1.165) is 18.8 Å². The molecule has 1 aliphatic heterocycles. The quantitative estimate of drug-likeness (QED) is 0.693. The lowest BCUT2D eigenvalue weighted by atomic mass is 10.3. The summed E-state index contributed by atoms with van der Waals surface area (Å²) < 4.78 is 0. The van der Waals surface area contributed by atoms with Crippen LogP contribution in [0.5, 0.6) is 0 Å². The minimum atomic E-state index is -0.0316. The fourth-order valence-corrected chi connectivity index (χ4v) is 1.76. The average molecular weight is 253 g/mol. The highest BCUT2D eigenvalue weighted by Gasteiger charge is 2.26. The maximum absolute atomic E-state index is 12.0. The van der Waals surface area contributed by atoms with E-state index in [1.165, 1.54) is 4.90 Å². The molecule has 1 aliphatic rings. The van der Waals surface area contributed by atoms with Crippen molar-refractivity contribution in [3.8, 4) is 0 Å². The van der Waals surface area contributed by atoms with Crippen LogP contribution in [0.1, 0.15) is 19.8 Å². The summed E-state index contributed by atoms with van der Waals surface area (Å²) in [5.41, 5.74) is 0.757. The van der Waals surface area contributed by atoms with Crippen LogP contribution < -0.4 is 0 Å². The molecule has 1 heterocycles. The van der Waals surface area contributed by atoms with Gasteiger partial charge in [0.05, 0.1) is 0 Å². The summed E-state index contributed by atoms with van der Waals surface area (Å²) in [6, 6.07) is 0. The summed E-state index contributed by atoms with van der Waals surface area (Å²) >= 11 is 0. The van der Waals surface area contributed by atoms with Gasteiger partial charge in [-0.05, 0) is 20.0 Å². The van der Waals surface area contributed by atoms with E-state index in [4.69, 9.17) is 0 Å². The Morgan fingerprint density at radius 3 is 2.50 bits per heavy atom. The van der Waals surface area contributed by atoms with Crippen LogP contribution in [0.2, 0.25) is 0 Å². The number of nitrogens with zero attached hydrogens (tertiary/aromatic N) is 3. The minimum absolute atomic E-state index is 0.00688. The zero-order valence-corrected chi connectivity index (χ0v) is 11.6. The van der Waals surface area contributed by atoms with Crippen LogP contribution >= 0.6 is 0 Å². The van der Waals surface area contributed by atoms with Gasteiger partial charge in [0.2, 0.25) is 11.8 Å². The fraction of sp³-hybridized carbons (Fsp3) is 0.692. The Morgan fingerprint density at radius 1 is 1.33 bits per heavy atom. The molecule has 18 heavy (non-hydrogen) atoms. The lowest BCUT2D eigenvalue weighted by Crippen LogP contribution is -2.41. The van der Waals surface area contributed by atoms with Gasteiger partial charge in [0.25, 0.3) is 0 Å². The Bertz CT molecular complexity index is 325. The molecule has 0 aromatic carbocycles. The first-order chi connectivity index (χ1) is 8.45. The van der Waals surface area contributed by atoms with E-state index < -0.39 is 0 Å². The van der Waals surface area contributed by atoms with Crippen LogP contribution in [0.15, 0.2) is 12.3 Å². The first-order valence-electron chi connectivity index (χ1n) is 6.36. The molecule has 0 aromatic rings. The third-order valence-electron chi connectivity index (χ3n) is 3.39. The van der Waals surface area contributed by atoms with Crippen molar-refractivity contribution in [3.63, 3.8) is 0 Å². The van der Waals surface area contributed by atoms with E-state index in [-0.39, 0.29) is 18.4 Å². The number of amides is 2. The van der Waals surface area contributed by atoms with Crippen molar-refractivity contribution in [1.29, 1.82) is 0 Å². The third kappa shape index (κ3) is 3.84. The highest BCUT2D eigenvalue weighted by molar-refractivity contribution is 5.87. The van der Waals surface area contributed by atoms with Crippen molar-refractivity contribution in [3.05, 3.63) is 12.3 Å². The van der Waals surface area contributed by atoms with Gasteiger partial charge in [0.15, 0.2) is 0 Å². The molecular weight excluding hydrogens is 230 g/mol. The predicted molar refractivity (Wildman–Crippen MR) is 70.9 cm³/mol. The number of likely N-dealkylation sites (N-methyl/N-ethyl adjacent to an activating group) is 2. The van der Waals surface area contributed by atoms with Gasteiger partial charge in [-0.1, -0.05) is 13.5 Å². The molecular formula is C13H23N3O2. The van der Waals surface area contributed by atoms with Crippen molar-refractivity contribution in [2.75, 3.05) is 40.3 Å². The van der Waals surface area contributed by atoms with E-state index in [9.17, 15) is 9.59 Å². The standard InChI is InChI=1S/C13H23N3O2/c1-5-14(3)8-9-15(4)13(18)10-16-11(2)6-7-12(16)17/h2,5-10H2,1,3-4H3. The topological polar surface area (TPSA) is 43.9 Å². The Kier molecular flexibility index (Phi) is 5.34. The largest absolute Gasteiger partial charge is 0.343 e. The molecule has 1 fully saturated rings. The van der Waals surface area contributed by atoms with Crippen LogP contribution in [-0.4, -0.2) is 66.8 Å². The lowest BCUT2D eigenvalue weighted by Gasteiger charge is -2.24. The second-order valence-corrected chi connectivity index (χ2v) is 4.76. The fourth-order valence-electron chi connectivity index (χ4n) is 1.76. The molecule has 0 N–H and O–H groups in total. The van der Waals surface area contributed by atoms with Gasteiger partial charge in [-0.2, -0.15) is 0 Å². The molecule has 5 nitrogen and oxygen atoms in total. The zero-order valence-electron chi connectivity index (χ0n) is 11.6. The molecule has 1 saturated heterocycles. The van der Waals surface area contributed by atoms with E-state index in [0.29, 0.717) is 19.4 Å². The molecule has 0 bridgehead atoms. The highest BCUT2D eigenvalue weighted by atomic mass is 16.2. The molecule has 5 heteroatoms. The molecule has 0 saturated carbocycles. The molecule has 0 spiro atoms. The monoisotopic (exact) mass is 253 g/mol. The predicted octanol–water partition coefficient (Wildman–Crippen LogP) is 0.533. The van der Waals surface area contributed by atoms with Gasteiger partial charge in [-0.15, -0.1) is 0 Å². The molecule has 2 amide bonds. The molecule has 0 radical (unpaired) electrons. The maximum atomic E-state index is 12.0. The van der Waals surface area contributed by atoms with Gasteiger partial charge < -0.3 is 14.7 Å². The summed E-state index contributed by atoms with van der Waals surface area (Å²) in [7, 11) is 3.79. The zero-order chi connectivity index (χ0) is 13.7. The molecule has 102 valence electrons. The Labute approximate surface area is 109 Å². The van der Waals surface area contributed by atoms with Crippen molar-refractivity contribution in [1.82, 2.24) is 14.7 Å². The van der Waals surface area contributed by atoms with Crippen LogP contribution in [0, 0.1) is 0 Å². The van der Waals surface area contributed by atoms with Gasteiger partial charge in [-0.3, -0.25) is 9.59 Å². The third-order valence-corrected chi connectivity index (χ3v) is 3.39. The van der Waals surface area contributed by atoms with Gasteiger partial charge in [-0.25, -0.2) is 0 Å². The normalized spacial score (nSPS) is 15.7. The Morgan fingerprint density at radius 2 is 2.00 bits per heavy atom. The van der Waals surface area contributed by atoms with Gasteiger partial charge in [0, 0.05) is 32.3 Å². The number of carbonyl (C=O) groups excluding carboxylic acids is 2. The number of hydrogen-bond acceptors (Lipinski definition) is 3. The summed E-state index contributed by atoms with van der Waals surface area (Å²) in [4.78, 5) is 28.8. The lowest BCUT2D eigenvalue weighted by molar-refractivity contribution is -0.136. The van der Waals surface area contributed by atoms with Crippen LogP contribution in [0.3, 0.4) is 0 Å². The molecule has 0 aromatic heterocycles. The summed E-state index contributed by atoms with van der Waals surface area (Å²) in [5, 5.41) is 0. The molecule has 0 aliphatic carbocycles. The number of carbonyl (C=O) groups is 2. The van der Waals surface area contributed by atoms with Gasteiger partial charge in [0.1, 0.15) is 6.54 Å². The number of hydrogen-bond donors (Lipinski definition) is 0. The molecule has 0 atom stereocenters. The van der Waals surface area contributed by atoms with Crippen molar-refractivity contribution < 1.29 is 9.59 Å². The Balaban J connectivity index is 2.40. The van der Waals surface area contributed by atoms with Crippen molar-refractivity contribution in [2.45, 2.75) is 19.8 Å². The average Bonchev–Trinajstić information content (AvgIpc) is 2.66. The van der Waals surface area contributed by atoms with Crippen molar-refractivity contribution in [2.24, 2.45) is 0 Å². The summed E-state index contributed by atoms with van der Waals surface area (Å²) in [5.74, 6) is -0.0247. The second-order valence-electron chi connectivity index (χ2n) is 4.76. The minimum Gasteiger partial charge on any atom is -0.343 e. The molecule has 1 rings (SSSR count). The van der Waals surface area contributed by atoms with Gasteiger partial charge >= 0.3 is 0 Å². The summed E-state index contributed by atoms with van der Waals surface area (Å²) in [6.45, 7) is 8.50. The van der Waals surface area contributed by atoms with Crippen LogP contribution in [0.25, 0.3) is 0 Å². The van der Waals surface area contributed by atoms with Crippen LogP contribution in [0.4, 0.5) is 0 Å². The van der Waals surface area contributed by atoms with Crippen LogP contribution in [-0.2, 0) is 9.59 Å². The summed E-state index contributed by atoms with van der Waals surface area (Å²) in [6.07, 6.45) is 1.16. The first kappa shape index (κ1) is 14.7. The van der Waals surface area contributed by atoms with Crippen molar-refractivity contribution >= 4 is 11.8 Å². The van der Waals surface area contributed by atoms with E-state index in [1.807, 2.05) is 7.05 Å². The SMILES string of the molecule is C=C1CCC(=O)N1CC(=O)N(C)CCN(C)CC. The highest BCUT2D eigenvalue weighted by Crippen LogP contribution is 2.19. The van der Waals surface area contributed by atoms with E-state index >= 15 is 0 Å². The second kappa shape index (κ2) is 6.54. The number of rotatable bonds is 6. The van der Waals surface area contributed by atoms with E-state index in [1.54, 1.807) is 11.9 Å². The maximum Gasteiger partial charge on any atom is 0.242 e. The molecule has 0 unspecified atom stereocenters. The smallest absolute Gasteiger partial charge is 0.242 e. The first-order valence-corrected chi connectivity index (χ1v) is 6.36.